The third kappa shape index (κ3) is 4.73. The van der Waals surface area contributed by atoms with E-state index in [1.165, 1.54) is 23.0 Å². The second-order valence-electron chi connectivity index (χ2n) is 2.51. The van der Waals surface area contributed by atoms with Crippen LogP contribution in [-0.4, -0.2) is 24.0 Å². The van der Waals surface area contributed by atoms with Crippen LogP contribution in [0.1, 0.15) is 13.8 Å². The monoisotopic (exact) mass is 318 g/mol. The van der Waals surface area contributed by atoms with Crippen molar-refractivity contribution in [3.8, 4) is 0 Å². The SMILES string of the molecule is C[C@H](NP)C(=O)N[C@H](C)C(=O)OI. The number of halogens is 1. The van der Waals surface area contributed by atoms with Gasteiger partial charge >= 0.3 is 5.97 Å². The largest absolute Gasteiger partial charge is 0.393 e. The van der Waals surface area contributed by atoms with Crippen LogP contribution in [0, 0.1) is 0 Å². The summed E-state index contributed by atoms with van der Waals surface area (Å²) in [5.74, 6) is -0.714. The van der Waals surface area contributed by atoms with E-state index in [2.05, 4.69) is 22.9 Å². The van der Waals surface area contributed by atoms with Crippen LogP contribution in [0.3, 0.4) is 0 Å². The Morgan fingerprint density at radius 2 is 1.92 bits per heavy atom. The van der Waals surface area contributed by atoms with Gasteiger partial charge in [-0.05, 0) is 13.8 Å². The van der Waals surface area contributed by atoms with Crippen LogP contribution in [0.15, 0.2) is 0 Å². The van der Waals surface area contributed by atoms with Gasteiger partial charge in [0.05, 0.1) is 6.04 Å². The second-order valence-corrected chi connectivity index (χ2v) is 3.29. The molecule has 2 N–H and O–H groups in total. The van der Waals surface area contributed by atoms with E-state index in [4.69, 9.17) is 0 Å². The Morgan fingerprint density at radius 1 is 1.38 bits per heavy atom. The number of nitrogens with one attached hydrogen (secondary N) is 2. The molecule has 1 amide bonds. The summed E-state index contributed by atoms with van der Waals surface area (Å²) >= 11 is 1.48. The number of carbonyl (C=O) groups excluding carboxylic acids is 2. The smallest absolute Gasteiger partial charge is 0.337 e. The zero-order valence-corrected chi connectivity index (χ0v) is 10.6. The molecule has 0 saturated heterocycles. The Morgan fingerprint density at radius 3 is 2.31 bits per heavy atom. The molecule has 0 aromatic heterocycles. The number of hydrogen-bond donors (Lipinski definition) is 2. The molecule has 0 bridgehead atoms. The predicted octanol–water partition coefficient (Wildman–Crippen LogP) is 0.152. The van der Waals surface area contributed by atoms with E-state index in [9.17, 15) is 9.59 Å². The molecule has 0 radical (unpaired) electrons. The van der Waals surface area contributed by atoms with Crippen LogP contribution < -0.4 is 10.4 Å². The van der Waals surface area contributed by atoms with Crippen LogP contribution in [0.4, 0.5) is 0 Å². The van der Waals surface area contributed by atoms with Gasteiger partial charge in [0.1, 0.15) is 6.04 Å². The lowest BCUT2D eigenvalue weighted by Crippen LogP contribution is -2.45. The van der Waals surface area contributed by atoms with Gasteiger partial charge in [0.2, 0.25) is 5.91 Å². The summed E-state index contributed by atoms with van der Waals surface area (Å²) in [6.07, 6.45) is 0. The summed E-state index contributed by atoms with van der Waals surface area (Å²) in [6, 6.07) is -0.973. The maximum atomic E-state index is 11.2. The van der Waals surface area contributed by atoms with Crippen molar-refractivity contribution >= 4 is 44.3 Å². The third-order valence-electron chi connectivity index (χ3n) is 1.43. The van der Waals surface area contributed by atoms with Gasteiger partial charge in [0.15, 0.2) is 23.0 Å². The highest BCUT2D eigenvalue weighted by Gasteiger charge is 2.19. The highest BCUT2D eigenvalue weighted by molar-refractivity contribution is 14.1. The van der Waals surface area contributed by atoms with Gasteiger partial charge in [0.25, 0.3) is 0 Å². The number of carbonyl (C=O) groups is 2. The zero-order valence-electron chi connectivity index (χ0n) is 7.33. The van der Waals surface area contributed by atoms with E-state index in [0.717, 1.165) is 0 Å². The van der Waals surface area contributed by atoms with Crippen molar-refractivity contribution in [2.75, 3.05) is 0 Å². The molecular weight excluding hydrogens is 306 g/mol. The molecule has 0 heterocycles. The quantitative estimate of drug-likeness (QED) is 0.572. The summed E-state index contributed by atoms with van der Waals surface area (Å²) in [6.45, 7) is 3.25. The van der Waals surface area contributed by atoms with E-state index in [1.807, 2.05) is 0 Å². The van der Waals surface area contributed by atoms with Crippen molar-refractivity contribution in [2.24, 2.45) is 0 Å². The van der Waals surface area contributed by atoms with Gasteiger partial charge in [-0.15, -0.1) is 0 Å². The first kappa shape index (κ1) is 13.1. The molecule has 5 nitrogen and oxygen atoms in total. The maximum absolute atomic E-state index is 11.2. The van der Waals surface area contributed by atoms with Crippen molar-refractivity contribution < 1.29 is 12.7 Å². The van der Waals surface area contributed by atoms with Crippen molar-refractivity contribution in [1.82, 2.24) is 10.4 Å². The normalized spacial score (nSPS) is 14.5. The summed E-state index contributed by atoms with van der Waals surface area (Å²) in [4.78, 5) is 22.1. The minimum absolute atomic E-state index is 0.246. The van der Waals surface area contributed by atoms with Crippen molar-refractivity contribution in [1.29, 1.82) is 0 Å². The van der Waals surface area contributed by atoms with Gasteiger partial charge in [0, 0.05) is 0 Å². The second kappa shape index (κ2) is 6.50. The van der Waals surface area contributed by atoms with E-state index in [1.54, 1.807) is 13.8 Å². The molecule has 0 saturated carbocycles. The van der Waals surface area contributed by atoms with Gasteiger partial charge in [-0.2, -0.15) is 0 Å². The fourth-order valence-electron chi connectivity index (χ4n) is 0.540. The molecule has 13 heavy (non-hydrogen) atoms. The van der Waals surface area contributed by atoms with E-state index < -0.39 is 12.0 Å². The molecule has 0 aromatic rings. The Hall–Kier alpha value is 0.0600. The molecule has 0 spiro atoms. The van der Waals surface area contributed by atoms with Crippen LogP contribution in [0.5, 0.6) is 0 Å². The number of hydrogen-bond acceptors (Lipinski definition) is 4. The Balaban J connectivity index is 3.98. The standard InChI is InChI=1S/C6H12IN2O3P/c1-3(9-13)5(10)8-4(2)6(11)12-7/h3-4,9H,13H2,1-2H3,(H,8,10)/t3-,4+/m0/s1. The Kier molecular flexibility index (Phi) is 6.53. The van der Waals surface area contributed by atoms with Crippen LogP contribution >= 0.6 is 32.4 Å². The lowest BCUT2D eigenvalue weighted by atomic mass is 10.3. The van der Waals surface area contributed by atoms with E-state index >= 15 is 0 Å². The fraction of sp³-hybridized carbons (Fsp3) is 0.667. The highest BCUT2D eigenvalue weighted by atomic mass is 127. The minimum atomic E-state index is -0.620. The van der Waals surface area contributed by atoms with E-state index in [0.29, 0.717) is 0 Å². The molecular formula is C6H12IN2O3P. The minimum Gasteiger partial charge on any atom is -0.393 e. The summed E-state index contributed by atoms with van der Waals surface area (Å²) < 4.78 is 4.42. The van der Waals surface area contributed by atoms with Gasteiger partial charge in [-0.3, -0.25) is 9.88 Å². The first-order chi connectivity index (χ1) is 6.02. The fourth-order valence-corrected chi connectivity index (χ4v) is 1.07. The van der Waals surface area contributed by atoms with E-state index in [-0.39, 0.29) is 11.9 Å². The average molecular weight is 318 g/mol. The molecule has 0 aliphatic heterocycles. The number of amides is 1. The van der Waals surface area contributed by atoms with Crippen molar-refractivity contribution in [2.45, 2.75) is 25.9 Å². The zero-order chi connectivity index (χ0) is 10.4. The highest BCUT2D eigenvalue weighted by Crippen LogP contribution is 1.95. The topological polar surface area (TPSA) is 67.4 Å². The molecule has 0 fully saturated rings. The van der Waals surface area contributed by atoms with Crippen LogP contribution in [-0.2, 0) is 12.7 Å². The Bertz CT molecular complexity index is 202. The van der Waals surface area contributed by atoms with Gasteiger partial charge < -0.3 is 8.38 Å². The first-order valence-electron chi connectivity index (χ1n) is 3.61. The van der Waals surface area contributed by atoms with Crippen molar-refractivity contribution in [3.05, 3.63) is 0 Å². The molecule has 76 valence electrons. The van der Waals surface area contributed by atoms with Gasteiger partial charge in [-0.1, -0.05) is 9.39 Å². The average Bonchev–Trinajstić information content (AvgIpc) is 2.14. The maximum Gasteiger partial charge on any atom is 0.337 e. The van der Waals surface area contributed by atoms with Gasteiger partial charge in [-0.25, -0.2) is 4.79 Å². The molecule has 0 aliphatic rings. The summed E-state index contributed by atoms with van der Waals surface area (Å²) in [5.41, 5.74) is 0. The molecule has 0 aliphatic carbocycles. The van der Waals surface area contributed by atoms with Crippen molar-refractivity contribution in [3.63, 3.8) is 0 Å². The lowest BCUT2D eigenvalue weighted by molar-refractivity contribution is -0.136. The lowest BCUT2D eigenvalue weighted by Gasteiger charge is -2.14. The molecule has 0 aromatic carbocycles. The summed E-state index contributed by atoms with van der Waals surface area (Å²) in [7, 11) is 2.23. The summed E-state index contributed by atoms with van der Waals surface area (Å²) in [5, 5.41) is 5.16. The third-order valence-corrected chi connectivity index (χ3v) is 2.37. The molecule has 1 unspecified atom stereocenters. The molecule has 7 heteroatoms. The predicted molar refractivity (Wildman–Crippen MR) is 60.0 cm³/mol. The van der Waals surface area contributed by atoms with Crippen LogP contribution in [0.2, 0.25) is 0 Å². The molecule has 0 rings (SSSR count). The molecule has 3 atom stereocenters. The Labute approximate surface area is 93.3 Å². The van der Waals surface area contributed by atoms with Crippen LogP contribution in [0.25, 0.3) is 0 Å². The first-order valence-corrected chi connectivity index (χ1v) is 5.07. The number of rotatable bonds is 4.